The smallest absolute Gasteiger partial charge is 0.263 e. The van der Waals surface area contributed by atoms with Gasteiger partial charge in [-0.25, -0.2) is 18.4 Å². The Bertz CT molecular complexity index is 1120. The maximum Gasteiger partial charge on any atom is 0.263 e. The molecule has 0 radical (unpaired) electrons. The van der Waals surface area contributed by atoms with Gasteiger partial charge in [0.25, 0.3) is 10.0 Å². The van der Waals surface area contributed by atoms with E-state index in [9.17, 15) is 8.42 Å². The van der Waals surface area contributed by atoms with Crippen molar-refractivity contribution in [3.8, 4) is 0 Å². The lowest BCUT2D eigenvalue weighted by atomic mass is 10.1. The standard InChI is InChI=1S/C21H23N5O2S2/c1-4-16-5-7-17(8-6-16)24-21(29)25-18-9-11-19(12-10-18)30(27,28)26-20-13-14(2)22-15(3)23-20/h5-13H,4H2,1-3H3,(H,22,23,26)(H2,24,25,29). The van der Waals surface area contributed by atoms with E-state index in [1.165, 1.54) is 17.7 Å². The molecule has 0 spiro atoms. The number of anilines is 3. The molecule has 3 N–H and O–H groups in total. The number of benzene rings is 2. The molecule has 0 aliphatic heterocycles. The van der Waals surface area contributed by atoms with Crippen LogP contribution in [0.5, 0.6) is 0 Å². The maximum absolute atomic E-state index is 12.6. The molecular weight excluding hydrogens is 418 g/mol. The van der Waals surface area contributed by atoms with Gasteiger partial charge in [-0.3, -0.25) is 4.72 Å². The second kappa shape index (κ2) is 9.19. The molecule has 30 heavy (non-hydrogen) atoms. The molecule has 1 heterocycles. The molecule has 0 saturated heterocycles. The van der Waals surface area contributed by atoms with Gasteiger partial charge < -0.3 is 10.6 Å². The summed E-state index contributed by atoms with van der Waals surface area (Å²) < 4.78 is 27.7. The zero-order chi connectivity index (χ0) is 21.7. The van der Waals surface area contributed by atoms with E-state index >= 15 is 0 Å². The number of sulfonamides is 1. The predicted molar refractivity (Wildman–Crippen MR) is 124 cm³/mol. The van der Waals surface area contributed by atoms with E-state index < -0.39 is 10.0 Å². The van der Waals surface area contributed by atoms with Gasteiger partial charge in [0.05, 0.1) is 4.90 Å². The highest BCUT2D eigenvalue weighted by Crippen LogP contribution is 2.18. The molecule has 0 amide bonds. The van der Waals surface area contributed by atoms with E-state index in [-0.39, 0.29) is 10.7 Å². The van der Waals surface area contributed by atoms with Gasteiger partial charge in [0, 0.05) is 23.1 Å². The van der Waals surface area contributed by atoms with Crippen LogP contribution in [0.25, 0.3) is 0 Å². The number of aromatic nitrogens is 2. The molecule has 1 aromatic heterocycles. The molecule has 0 bridgehead atoms. The van der Waals surface area contributed by atoms with Crippen molar-refractivity contribution in [2.45, 2.75) is 32.1 Å². The first-order valence-electron chi connectivity index (χ1n) is 9.37. The average Bonchev–Trinajstić information content (AvgIpc) is 2.67. The summed E-state index contributed by atoms with van der Waals surface area (Å²) in [4.78, 5) is 8.38. The van der Waals surface area contributed by atoms with Crippen LogP contribution in [0.2, 0.25) is 0 Å². The van der Waals surface area contributed by atoms with Crippen LogP contribution in [0, 0.1) is 13.8 Å². The van der Waals surface area contributed by atoms with E-state index in [0.29, 0.717) is 22.3 Å². The van der Waals surface area contributed by atoms with E-state index in [2.05, 4.69) is 32.2 Å². The van der Waals surface area contributed by atoms with Crippen molar-refractivity contribution in [2.24, 2.45) is 0 Å². The highest BCUT2D eigenvalue weighted by atomic mass is 32.2. The Morgan fingerprint density at radius 1 is 0.933 bits per heavy atom. The summed E-state index contributed by atoms with van der Waals surface area (Å²) in [5.41, 5.74) is 3.48. The molecular formula is C21H23N5O2S2. The normalized spacial score (nSPS) is 11.0. The van der Waals surface area contributed by atoms with Gasteiger partial charge in [-0.2, -0.15) is 0 Å². The van der Waals surface area contributed by atoms with Gasteiger partial charge in [-0.1, -0.05) is 19.1 Å². The average molecular weight is 442 g/mol. The monoisotopic (exact) mass is 441 g/mol. The van der Waals surface area contributed by atoms with Gasteiger partial charge >= 0.3 is 0 Å². The summed E-state index contributed by atoms with van der Waals surface area (Å²) in [5, 5.41) is 6.57. The first kappa shape index (κ1) is 21.7. The molecule has 3 rings (SSSR count). The van der Waals surface area contributed by atoms with Gasteiger partial charge in [0.2, 0.25) is 0 Å². The SMILES string of the molecule is CCc1ccc(NC(=S)Nc2ccc(S(=O)(=O)Nc3cc(C)nc(C)n3)cc2)cc1. The van der Waals surface area contributed by atoms with Crippen molar-refractivity contribution in [3.05, 3.63) is 71.7 Å². The second-order valence-corrected chi connectivity index (χ2v) is 8.79. The van der Waals surface area contributed by atoms with Crippen molar-refractivity contribution >= 4 is 44.5 Å². The highest BCUT2D eigenvalue weighted by molar-refractivity contribution is 7.92. The van der Waals surface area contributed by atoms with Gasteiger partial charge in [-0.05, 0) is 74.4 Å². The van der Waals surface area contributed by atoms with Crippen LogP contribution in [0.1, 0.15) is 24.0 Å². The van der Waals surface area contributed by atoms with Crippen LogP contribution in [0.4, 0.5) is 17.2 Å². The zero-order valence-electron chi connectivity index (χ0n) is 16.9. The number of aryl methyl sites for hydroxylation is 3. The minimum atomic E-state index is -3.76. The fourth-order valence-electron chi connectivity index (χ4n) is 2.80. The molecule has 2 aromatic carbocycles. The Labute approximate surface area is 182 Å². The van der Waals surface area contributed by atoms with Crippen LogP contribution in [0.15, 0.2) is 59.5 Å². The van der Waals surface area contributed by atoms with E-state index in [0.717, 1.165) is 12.1 Å². The topological polar surface area (TPSA) is 96.0 Å². The van der Waals surface area contributed by atoms with Crippen molar-refractivity contribution < 1.29 is 8.42 Å². The lowest BCUT2D eigenvalue weighted by Crippen LogP contribution is -2.19. The Kier molecular flexibility index (Phi) is 6.63. The van der Waals surface area contributed by atoms with Crippen molar-refractivity contribution in [3.63, 3.8) is 0 Å². The maximum atomic E-state index is 12.6. The molecule has 9 heteroatoms. The fourth-order valence-corrected chi connectivity index (χ4v) is 4.03. The molecule has 0 unspecified atom stereocenters. The summed E-state index contributed by atoms with van der Waals surface area (Å²) in [5.74, 6) is 0.735. The second-order valence-electron chi connectivity index (χ2n) is 6.70. The highest BCUT2D eigenvalue weighted by Gasteiger charge is 2.15. The molecule has 156 valence electrons. The first-order chi connectivity index (χ1) is 14.2. The number of thiocarbonyl (C=S) groups is 1. The van der Waals surface area contributed by atoms with Crippen LogP contribution in [-0.2, 0) is 16.4 Å². The number of nitrogens with zero attached hydrogens (tertiary/aromatic N) is 2. The Hall–Kier alpha value is -3.04. The molecule has 0 saturated carbocycles. The quantitative estimate of drug-likeness (QED) is 0.492. The summed E-state index contributed by atoms with van der Waals surface area (Å²) in [6, 6.07) is 15.9. The summed E-state index contributed by atoms with van der Waals surface area (Å²) in [7, 11) is -3.76. The molecule has 0 fully saturated rings. The van der Waals surface area contributed by atoms with E-state index in [1.807, 2.05) is 24.3 Å². The summed E-state index contributed by atoms with van der Waals surface area (Å²) >= 11 is 5.33. The largest absolute Gasteiger partial charge is 0.332 e. The number of hydrogen-bond donors (Lipinski definition) is 3. The molecule has 0 atom stereocenters. The van der Waals surface area contributed by atoms with E-state index in [1.54, 1.807) is 32.0 Å². The summed E-state index contributed by atoms with van der Waals surface area (Å²) in [6.45, 7) is 5.59. The van der Waals surface area contributed by atoms with Crippen LogP contribution < -0.4 is 15.4 Å². The van der Waals surface area contributed by atoms with Crippen molar-refractivity contribution in [2.75, 3.05) is 15.4 Å². The molecule has 0 aliphatic carbocycles. The first-order valence-corrected chi connectivity index (χ1v) is 11.3. The minimum Gasteiger partial charge on any atom is -0.332 e. The number of rotatable bonds is 6. The fraction of sp³-hybridized carbons (Fsp3) is 0.190. The third-order valence-electron chi connectivity index (χ3n) is 4.25. The van der Waals surface area contributed by atoms with Crippen molar-refractivity contribution in [1.82, 2.24) is 9.97 Å². The Morgan fingerprint density at radius 3 is 2.03 bits per heavy atom. The molecule has 3 aromatic rings. The number of hydrogen-bond acceptors (Lipinski definition) is 5. The molecule has 7 nitrogen and oxygen atoms in total. The van der Waals surface area contributed by atoms with E-state index in [4.69, 9.17) is 12.2 Å². The van der Waals surface area contributed by atoms with Crippen LogP contribution >= 0.6 is 12.2 Å². The minimum absolute atomic E-state index is 0.121. The zero-order valence-corrected chi connectivity index (χ0v) is 18.6. The van der Waals surface area contributed by atoms with Crippen LogP contribution in [-0.4, -0.2) is 23.5 Å². The molecule has 0 aliphatic rings. The third kappa shape index (κ3) is 5.74. The number of nitrogens with one attached hydrogen (secondary N) is 3. The van der Waals surface area contributed by atoms with Gasteiger partial charge in [-0.15, -0.1) is 0 Å². The summed E-state index contributed by atoms with van der Waals surface area (Å²) in [6.07, 6.45) is 0.976. The predicted octanol–water partition coefficient (Wildman–Crippen LogP) is 4.27. The Morgan fingerprint density at radius 2 is 1.50 bits per heavy atom. The lowest BCUT2D eigenvalue weighted by Gasteiger charge is -2.12. The van der Waals surface area contributed by atoms with Gasteiger partial charge in [0.1, 0.15) is 11.6 Å². The van der Waals surface area contributed by atoms with Crippen molar-refractivity contribution in [1.29, 1.82) is 0 Å². The lowest BCUT2D eigenvalue weighted by molar-refractivity contribution is 0.601. The van der Waals surface area contributed by atoms with Crippen LogP contribution in [0.3, 0.4) is 0 Å². The third-order valence-corrected chi connectivity index (χ3v) is 5.82. The van der Waals surface area contributed by atoms with Gasteiger partial charge in [0.15, 0.2) is 5.11 Å². The Balaban J connectivity index is 1.65.